The third-order valence-electron chi connectivity index (χ3n) is 15.4. The second-order valence-corrected chi connectivity index (χ2v) is 20.7. The molecule has 0 saturated carbocycles. The maximum atomic E-state index is 14.2. The second-order valence-electron chi connectivity index (χ2n) is 20.7. The molecule has 22 saturated heterocycles. The van der Waals surface area contributed by atoms with Crippen LogP contribution in [0.2, 0.25) is 0 Å². The maximum Gasteiger partial charge on any atom is 0.251 e. The van der Waals surface area contributed by atoms with Gasteiger partial charge in [-0.1, -0.05) is 54.6 Å². The van der Waals surface area contributed by atoms with E-state index in [9.17, 15) is 91.6 Å². The fourth-order valence-electron chi connectivity index (χ4n) is 10.9. The van der Waals surface area contributed by atoms with Gasteiger partial charge in [-0.05, 0) is 23.3 Å². The van der Waals surface area contributed by atoms with Crippen LogP contribution < -0.4 is 5.32 Å². The van der Waals surface area contributed by atoms with Crippen LogP contribution in [0.4, 0.5) is 0 Å². The van der Waals surface area contributed by atoms with Gasteiger partial charge in [-0.15, -0.1) is 0 Å². The molecule has 0 radical (unpaired) electrons. The number of rotatable bonds is 10. The minimum atomic E-state index is -2.21. The summed E-state index contributed by atoms with van der Waals surface area (Å²) in [7, 11) is 0. The van der Waals surface area contributed by atoms with Crippen LogP contribution >= 0.6 is 0 Å². The molecule has 2 aromatic rings. The summed E-state index contributed by atoms with van der Waals surface area (Å²) in [5, 5.41) is 193. The van der Waals surface area contributed by atoms with Gasteiger partial charge < -0.3 is 149 Å². The quantitative estimate of drug-likeness (QED) is 0.0982. The van der Waals surface area contributed by atoms with Gasteiger partial charge in [0.15, 0.2) is 37.7 Å². The van der Waals surface area contributed by atoms with Crippen LogP contribution in [0.15, 0.2) is 54.6 Å². The second kappa shape index (κ2) is 27.5. The number of hydrogen-bond donors (Lipinski definition) is 18. The lowest BCUT2D eigenvalue weighted by Gasteiger charge is -2.51. The molecule has 22 aliphatic rings. The zero-order chi connectivity index (χ0) is 58.8. The highest BCUT2D eigenvalue weighted by Crippen LogP contribution is 2.38. The standard InChI is InChI=1S/C51H71NO30/c53-12-21-39-27(52-45(70)20-10-8-19(9-11-20)7-6-18-4-2-1-3-5-18)28(59)46(71-21)78-40-22(13-54)73-48(35(66)30(40)61)80-42-24(15-56)75-50(37(68)32(42)63)82-44-26(17-58)76-51(38(69)33(44)64)81-43-25(16-57)74-49(36(67)31(43)62)79-41-23(14-55)72-47(77-39)34(65)29(41)60/h1-11,21-44,46-51,53-69H,12-17H2,(H,52,70)/b7-6+/t21-,22-,23-,24-,25-,26-,27-,28-,29-,30-,31-,32-,33-,34-,35-,36-,37-,38-,39-,40-,41-,42-,43-,44-,46-,47-,48-,49-,50-,51-/m1/s1. The van der Waals surface area contributed by atoms with Gasteiger partial charge in [0, 0.05) is 5.56 Å². The number of carbonyl (C=O) groups excluding carboxylic acids is 1. The Morgan fingerprint density at radius 1 is 0.329 bits per heavy atom. The minimum absolute atomic E-state index is 0.0178. The summed E-state index contributed by atoms with van der Waals surface area (Å²) in [5.41, 5.74) is 1.60. The number of amides is 1. The predicted molar refractivity (Wildman–Crippen MR) is 263 cm³/mol. The fourth-order valence-corrected chi connectivity index (χ4v) is 10.9. The van der Waals surface area contributed by atoms with Crippen LogP contribution in [0, 0.1) is 0 Å². The predicted octanol–water partition coefficient (Wildman–Crippen LogP) is -9.45. The SMILES string of the molecule is O=C(N[C@@H]1[C@@H](O)[C@H]2O[C@H]3[C@H](O)[C@@H](O)[C@@H](O[C@H]4[C@H](O)[C@@H](O)[C@@H](O[C@H]5[C@H](O)[C@@H](O)[C@@H](O[C@H]6[C@H](O)[C@@H](O)[C@@H](O[C@H]7[C@H](O)[C@@H](O)[C@@H](O[C@@H]1[C@@H](CO)O2)O[C@@H]7CO)O[C@@H]6CO)O[C@@H]5CO)O[C@@H]4CO)O[C@@H]3CO)c1ccc(/C=C/c2ccccc2)cc1. The van der Waals surface area contributed by atoms with E-state index in [4.69, 9.17) is 56.8 Å². The van der Waals surface area contributed by atoms with Crippen LogP contribution in [0.25, 0.3) is 12.2 Å². The largest absolute Gasteiger partial charge is 0.394 e. The highest BCUT2D eigenvalue weighted by molar-refractivity contribution is 5.94. The molecule has 18 N–H and O–H groups in total. The first-order valence-corrected chi connectivity index (χ1v) is 26.5. The van der Waals surface area contributed by atoms with Crippen LogP contribution in [-0.2, 0) is 56.8 Å². The first kappa shape index (κ1) is 63.0. The van der Waals surface area contributed by atoms with E-state index in [0.717, 1.165) is 5.56 Å². The van der Waals surface area contributed by atoms with Crippen molar-refractivity contribution in [3.05, 3.63) is 71.3 Å². The van der Waals surface area contributed by atoms with Gasteiger partial charge in [0.2, 0.25) is 0 Å². The first-order chi connectivity index (χ1) is 39.3. The molecule has 30 atom stereocenters. The Hall–Kier alpha value is -3.51. The van der Waals surface area contributed by atoms with Gasteiger partial charge in [-0.3, -0.25) is 4.79 Å². The van der Waals surface area contributed by atoms with Gasteiger partial charge >= 0.3 is 0 Å². The molecule has 22 heterocycles. The van der Waals surface area contributed by atoms with Gasteiger partial charge in [-0.2, -0.15) is 0 Å². The van der Waals surface area contributed by atoms with Gasteiger partial charge in [-0.25, -0.2) is 0 Å². The number of nitrogens with one attached hydrogen (secondary N) is 1. The third-order valence-corrected chi connectivity index (χ3v) is 15.4. The van der Waals surface area contributed by atoms with Crippen molar-refractivity contribution in [3.8, 4) is 0 Å². The Bertz CT molecular complexity index is 2350. The molecule has 0 spiro atoms. The summed E-state index contributed by atoms with van der Waals surface area (Å²) >= 11 is 0. The van der Waals surface area contributed by atoms with Crippen molar-refractivity contribution in [1.82, 2.24) is 5.32 Å². The van der Waals surface area contributed by atoms with Crippen molar-refractivity contribution in [1.29, 1.82) is 0 Å². The summed E-state index contributed by atoms with van der Waals surface area (Å²) in [5.74, 6) is -0.870. The number of aliphatic hydroxyl groups excluding tert-OH is 17. The normalized spacial score (nSPS) is 46.8. The van der Waals surface area contributed by atoms with Crippen LogP contribution in [0.1, 0.15) is 21.5 Å². The topological polar surface area (TPSA) is 484 Å². The number of ether oxygens (including phenoxy) is 12. The van der Waals surface area contributed by atoms with Crippen molar-refractivity contribution in [3.63, 3.8) is 0 Å². The average Bonchev–Trinajstić information content (AvgIpc) is 3.51. The highest BCUT2D eigenvalue weighted by Gasteiger charge is 2.59. The van der Waals surface area contributed by atoms with Crippen molar-refractivity contribution in [2.24, 2.45) is 0 Å². The van der Waals surface area contributed by atoms with Crippen LogP contribution in [-0.4, -0.2) is 317 Å². The molecular weight excluding hydrogens is 1110 g/mol. The Labute approximate surface area is 466 Å². The molecule has 460 valence electrons. The number of benzene rings is 2. The van der Waals surface area contributed by atoms with Crippen molar-refractivity contribution in [2.45, 2.75) is 184 Å². The van der Waals surface area contributed by atoms with E-state index < -0.39 is 230 Å². The molecular formula is C51H71NO30. The van der Waals surface area contributed by atoms with Crippen molar-refractivity contribution in [2.75, 3.05) is 39.6 Å². The number of aliphatic hydroxyl groups is 17. The Kier molecular flexibility index (Phi) is 21.1. The third kappa shape index (κ3) is 12.9. The molecule has 24 rings (SSSR count). The van der Waals surface area contributed by atoms with E-state index in [-0.39, 0.29) is 5.56 Å². The number of carbonyl (C=O) groups is 1. The van der Waals surface area contributed by atoms with Gasteiger partial charge in [0.1, 0.15) is 140 Å². The van der Waals surface area contributed by atoms with Crippen LogP contribution in [0.3, 0.4) is 0 Å². The average molecular weight is 1180 g/mol. The van der Waals surface area contributed by atoms with Crippen molar-refractivity contribution >= 4 is 18.1 Å². The Balaban J connectivity index is 1.03. The molecule has 2 aromatic carbocycles. The zero-order valence-corrected chi connectivity index (χ0v) is 43.3. The smallest absolute Gasteiger partial charge is 0.251 e. The summed E-state index contributed by atoms with van der Waals surface area (Å²) in [6.07, 6.45) is -53.8. The lowest BCUT2D eigenvalue weighted by Crippen LogP contribution is -2.70. The summed E-state index contributed by atoms with van der Waals surface area (Å²) < 4.78 is 70.0. The molecule has 1 amide bonds. The summed E-state index contributed by atoms with van der Waals surface area (Å²) in [6.45, 7) is -6.15. The Morgan fingerprint density at radius 2 is 0.585 bits per heavy atom. The van der Waals surface area contributed by atoms with E-state index in [2.05, 4.69) is 5.32 Å². The molecule has 22 fully saturated rings. The molecule has 31 nitrogen and oxygen atoms in total. The lowest BCUT2D eigenvalue weighted by atomic mass is 9.93. The van der Waals surface area contributed by atoms with Gasteiger partial charge in [0.25, 0.3) is 5.91 Å². The van der Waals surface area contributed by atoms with E-state index in [1.165, 1.54) is 12.1 Å². The maximum absolute atomic E-state index is 14.2. The molecule has 0 aliphatic carbocycles. The first-order valence-electron chi connectivity index (χ1n) is 26.5. The fraction of sp³-hybridized carbons (Fsp3) is 0.706. The van der Waals surface area contributed by atoms with Crippen LogP contribution in [0.5, 0.6) is 0 Å². The monoisotopic (exact) mass is 1180 g/mol. The van der Waals surface area contributed by atoms with E-state index in [1.807, 2.05) is 36.4 Å². The van der Waals surface area contributed by atoms with E-state index >= 15 is 0 Å². The van der Waals surface area contributed by atoms with E-state index in [1.54, 1.807) is 18.2 Å². The molecule has 12 bridgehead atoms. The van der Waals surface area contributed by atoms with Crippen molar-refractivity contribution < 1.29 is 148 Å². The molecule has 22 aliphatic heterocycles. The molecule has 0 unspecified atom stereocenters. The molecule has 82 heavy (non-hydrogen) atoms. The molecule has 0 aromatic heterocycles. The molecule has 31 heteroatoms. The summed E-state index contributed by atoms with van der Waals surface area (Å²) in [4.78, 5) is 14.2. The number of hydrogen-bond acceptors (Lipinski definition) is 30. The Morgan fingerprint density at radius 3 is 0.878 bits per heavy atom. The highest BCUT2D eigenvalue weighted by atomic mass is 16.8. The van der Waals surface area contributed by atoms with E-state index in [0.29, 0.717) is 5.56 Å². The minimum Gasteiger partial charge on any atom is -0.394 e. The van der Waals surface area contributed by atoms with Gasteiger partial charge in [0.05, 0.1) is 45.7 Å². The zero-order valence-electron chi connectivity index (χ0n) is 43.3. The lowest BCUT2D eigenvalue weighted by molar-refractivity contribution is -0.401. The summed E-state index contributed by atoms with van der Waals surface area (Å²) in [6, 6.07) is 13.7.